The van der Waals surface area contributed by atoms with Gasteiger partial charge in [0.1, 0.15) is 16.5 Å². The van der Waals surface area contributed by atoms with Crippen LogP contribution in [0.2, 0.25) is 0 Å². The Morgan fingerprint density at radius 2 is 1.90 bits per heavy atom. The van der Waals surface area contributed by atoms with Crippen molar-refractivity contribution in [1.29, 1.82) is 0 Å². The highest BCUT2D eigenvalue weighted by atomic mass is 79.9. The van der Waals surface area contributed by atoms with Gasteiger partial charge in [-0.05, 0) is 35.8 Å². The van der Waals surface area contributed by atoms with Gasteiger partial charge in [0, 0.05) is 23.6 Å². The molecular formula is C14H17BrN2O2S. The van der Waals surface area contributed by atoms with Gasteiger partial charge in [-0.3, -0.25) is 0 Å². The van der Waals surface area contributed by atoms with Crippen LogP contribution in [0.5, 0.6) is 11.5 Å². The predicted molar refractivity (Wildman–Crippen MR) is 85.5 cm³/mol. The van der Waals surface area contributed by atoms with Crippen LogP contribution >= 0.6 is 27.3 Å². The van der Waals surface area contributed by atoms with E-state index in [9.17, 15) is 0 Å². The molecule has 0 aliphatic heterocycles. The number of halogens is 1. The molecule has 1 aromatic heterocycles. The number of hydrogen-bond acceptors (Lipinski definition) is 5. The quantitative estimate of drug-likeness (QED) is 0.854. The summed E-state index contributed by atoms with van der Waals surface area (Å²) >= 11 is 5.08. The molecule has 0 aliphatic rings. The molecule has 1 aromatic carbocycles. The summed E-state index contributed by atoms with van der Waals surface area (Å²) in [6.45, 7) is 5.56. The molecule has 0 amide bonds. The molecule has 0 radical (unpaired) electrons. The average molecular weight is 357 g/mol. The first-order valence-electron chi connectivity index (χ1n) is 6.43. The molecular weight excluding hydrogens is 340 g/mol. The van der Waals surface area contributed by atoms with Gasteiger partial charge in [-0.1, -0.05) is 0 Å². The van der Waals surface area contributed by atoms with E-state index in [1.165, 1.54) is 0 Å². The maximum Gasteiger partial charge on any atom is 0.137 e. The maximum absolute atomic E-state index is 5.71. The Hall–Kier alpha value is -1.11. The van der Waals surface area contributed by atoms with E-state index in [2.05, 4.69) is 20.9 Å². The lowest BCUT2D eigenvalue weighted by atomic mass is 10.1. The van der Waals surface area contributed by atoms with Crippen molar-refractivity contribution in [3.8, 4) is 22.8 Å². The average Bonchev–Trinajstić information content (AvgIpc) is 2.91. The molecule has 108 valence electrons. The molecule has 0 atom stereocenters. The fourth-order valence-electron chi connectivity index (χ4n) is 1.80. The Balaban J connectivity index is 2.47. The molecule has 4 nitrogen and oxygen atoms in total. The van der Waals surface area contributed by atoms with Crippen LogP contribution < -0.4 is 15.2 Å². The first-order valence-corrected chi connectivity index (χ1v) is 8.10. The highest BCUT2D eigenvalue weighted by Gasteiger charge is 2.14. The second kappa shape index (κ2) is 7.06. The number of hydrogen-bond donors (Lipinski definition) is 1. The minimum Gasteiger partial charge on any atom is -0.493 e. The Morgan fingerprint density at radius 3 is 2.50 bits per heavy atom. The van der Waals surface area contributed by atoms with E-state index < -0.39 is 0 Å². The van der Waals surface area contributed by atoms with E-state index in [1.54, 1.807) is 11.3 Å². The first kappa shape index (κ1) is 15.3. The molecule has 2 aromatic rings. The smallest absolute Gasteiger partial charge is 0.137 e. The molecule has 6 heteroatoms. The van der Waals surface area contributed by atoms with E-state index in [-0.39, 0.29) is 0 Å². The van der Waals surface area contributed by atoms with E-state index in [0.717, 1.165) is 32.2 Å². The topological polar surface area (TPSA) is 57.4 Å². The molecule has 0 saturated carbocycles. The zero-order valence-corrected chi connectivity index (χ0v) is 13.9. The predicted octanol–water partition coefficient (Wildman–Crippen LogP) is 3.83. The summed E-state index contributed by atoms with van der Waals surface area (Å²) in [5, 5.41) is 2.90. The number of ether oxygens (including phenoxy) is 2. The molecule has 1 heterocycles. The fraction of sp³-hybridized carbons (Fsp3) is 0.357. The second-order valence-electron chi connectivity index (χ2n) is 3.98. The van der Waals surface area contributed by atoms with Crippen LogP contribution in [0.15, 0.2) is 22.0 Å². The number of aromatic nitrogens is 1. The van der Waals surface area contributed by atoms with Gasteiger partial charge in [0.05, 0.1) is 23.4 Å². The van der Waals surface area contributed by atoms with Crippen LogP contribution in [-0.4, -0.2) is 18.2 Å². The summed E-state index contributed by atoms with van der Waals surface area (Å²) < 4.78 is 12.2. The fourth-order valence-corrected chi connectivity index (χ4v) is 2.94. The van der Waals surface area contributed by atoms with Gasteiger partial charge in [-0.25, -0.2) is 4.98 Å². The molecule has 2 N–H and O–H groups in total. The number of thiazole rings is 1. The standard InChI is InChI=1S/C14H17BrN2O2S/c1-3-18-12-6-13(19-4-2)10(15)5-9(12)11-8-20-14(7-16)17-11/h5-6,8H,3-4,7,16H2,1-2H3. The zero-order valence-electron chi connectivity index (χ0n) is 11.5. The van der Waals surface area contributed by atoms with Crippen LogP contribution in [0.4, 0.5) is 0 Å². The Kier molecular flexibility index (Phi) is 5.39. The normalized spacial score (nSPS) is 10.6. The molecule has 20 heavy (non-hydrogen) atoms. The Labute approximate surface area is 131 Å². The first-order chi connectivity index (χ1) is 9.69. The summed E-state index contributed by atoms with van der Waals surface area (Å²) in [5.41, 5.74) is 7.44. The van der Waals surface area contributed by atoms with Crippen molar-refractivity contribution >= 4 is 27.3 Å². The lowest BCUT2D eigenvalue weighted by molar-refractivity contribution is 0.322. The third kappa shape index (κ3) is 3.31. The Bertz CT molecular complexity index is 587. The van der Waals surface area contributed by atoms with Gasteiger partial charge in [0.2, 0.25) is 0 Å². The van der Waals surface area contributed by atoms with Gasteiger partial charge in [-0.2, -0.15) is 0 Å². The van der Waals surface area contributed by atoms with E-state index >= 15 is 0 Å². The summed E-state index contributed by atoms with van der Waals surface area (Å²) in [6, 6.07) is 3.87. The van der Waals surface area contributed by atoms with Crippen molar-refractivity contribution in [1.82, 2.24) is 4.98 Å². The van der Waals surface area contributed by atoms with Crippen molar-refractivity contribution in [3.05, 3.63) is 27.0 Å². The van der Waals surface area contributed by atoms with Crippen molar-refractivity contribution in [2.45, 2.75) is 20.4 Å². The lowest BCUT2D eigenvalue weighted by Gasteiger charge is -2.13. The minimum atomic E-state index is 0.451. The largest absolute Gasteiger partial charge is 0.493 e. The van der Waals surface area contributed by atoms with Gasteiger partial charge in [0.25, 0.3) is 0 Å². The highest BCUT2D eigenvalue weighted by molar-refractivity contribution is 9.10. The van der Waals surface area contributed by atoms with Crippen LogP contribution in [0.1, 0.15) is 18.9 Å². The molecule has 0 bridgehead atoms. The molecule has 2 rings (SSSR count). The molecule has 0 unspecified atom stereocenters. The van der Waals surface area contributed by atoms with Crippen LogP contribution in [0, 0.1) is 0 Å². The van der Waals surface area contributed by atoms with Gasteiger partial charge >= 0.3 is 0 Å². The van der Waals surface area contributed by atoms with E-state index in [1.807, 2.05) is 31.4 Å². The number of rotatable bonds is 6. The number of nitrogens with two attached hydrogens (primary N) is 1. The number of nitrogens with zero attached hydrogens (tertiary/aromatic N) is 1. The van der Waals surface area contributed by atoms with Crippen molar-refractivity contribution in [2.75, 3.05) is 13.2 Å². The van der Waals surface area contributed by atoms with Gasteiger partial charge < -0.3 is 15.2 Å². The summed E-state index contributed by atoms with van der Waals surface area (Å²) in [6.07, 6.45) is 0. The summed E-state index contributed by atoms with van der Waals surface area (Å²) in [4.78, 5) is 4.51. The number of benzene rings is 1. The van der Waals surface area contributed by atoms with Crippen LogP contribution in [0.25, 0.3) is 11.3 Å². The monoisotopic (exact) mass is 356 g/mol. The van der Waals surface area contributed by atoms with Crippen LogP contribution in [-0.2, 0) is 6.54 Å². The zero-order chi connectivity index (χ0) is 14.5. The molecule has 0 spiro atoms. The third-order valence-electron chi connectivity index (χ3n) is 2.64. The summed E-state index contributed by atoms with van der Waals surface area (Å²) in [7, 11) is 0. The van der Waals surface area contributed by atoms with Crippen molar-refractivity contribution in [3.63, 3.8) is 0 Å². The SMILES string of the molecule is CCOc1cc(OCC)c(-c2csc(CN)n2)cc1Br. The summed E-state index contributed by atoms with van der Waals surface area (Å²) in [5.74, 6) is 1.54. The minimum absolute atomic E-state index is 0.451. The van der Waals surface area contributed by atoms with E-state index in [4.69, 9.17) is 15.2 Å². The maximum atomic E-state index is 5.71. The van der Waals surface area contributed by atoms with Gasteiger partial charge in [-0.15, -0.1) is 11.3 Å². The lowest BCUT2D eigenvalue weighted by Crippen LogP contribution is -1.99. The third-order valence-corrected chi connectivity index (χ3v) is 4.13. The Morgan fingerprint density at radius 1 is 1.20 bits per heavy atom. The molecule has 0 saturated heterocycles. The molecule has 0 aliphatic carbocycles. The van der Waals surface area contributed by atoms with Gasteiger partial charge in [0.15, 0.2) is 0 Å². The van der Waals surface area contributed by atoms with E-state index in [0.29, 0.717) is 19.8 Å². The van der Waals surface area contributed by atoms with Crippen molar-refractivity contribution in [2.24, 2.45) is 5.73 Å². The highest BCUT2D eigenvalue weighted by Crippen LogP contribution is 2.39. The molecule has 0 fully saturated rings. The second-order valence-corrected chi connectivity index (χ2v) is 5.77. The van der Waals surface area contributed by atoms with Crippen LogP contribution in [0.3, 0.4) is 0 Å². The van der Waals surface area contributed by atoms with Crippen molar-refractivity contribution < 1.29 is 9.47 Å².